The van der Waals surface area contributed by atoms with Crippen molar-refractivity contribution in [2.75, 3.05) is 18.4 Å². The van der Waals surface area contributed by atoms with Gasteiger partial charge in [0.1, 0.15) is 5.82 Å². The molecule has 1 aliphatic rings. The molecule has 2 unspecified atom stereocenters. The van der Waals surface area contributed by atoms with Crippen molar-refractivity contribution in [2.45, 2.75) is 51.7 Å². The number of carbonyl (C=O) groups excluding carboxylic acids is 1. The Balaban J connectivity index is 1.83. The molecule has 0 aliphatic carbocycles. The number of piperidine rings is 1. The second kappa shape index (κ2) is 7.88. The molecule has 2 rings (SSSR count). The molecule has 1 heterocycles. The lowest BCUT2D eigenvalue weighted by Crippen LogP contribution is -2.52. The fourth-order valence-electron chi connectivity index (χ4n) is 3.00. The quantitative estimate of drug-likeness (QED) is 0.846. The van der Waals surface area contributed by atoms with Crippen LogP contribution >= 0.6 is 0 Å². The number of likely N-dealkylation sites (tertiary alicyclic amines) is 1. The zero-order valence-electron chi connectivity index (χ0n) is 14.3. The lowest BCUT2D eigenvalue weighted by Gasteiger charge is -2.37. The molecule has 1 aliphatic heterocycles. The van der Waals surface area contributed by atoms with Crippen molar-refractivity contribution in [1.82, 2.24) is 4.90 Å². The zero-order chi connectivity index (χ0) is 17.0. The van der Waals surface area contributed by atoms with E-state index >= 15 is 0 Å². The van der Waals surface area contributed by atoms with Gasteiger partial charge in [0.05, 0.1) is 12.1 Å². The van der Waals surface area contributed by atoms with Gasteiger partial charge in [0, 0.05) is 24.8 Å². The molecule has 1 aromatic carbocycles. The van der Waals surface area contributed by atoms with Crippen molar-refractivity contribution in [3.63, 3.8) is 0 Å². The Hall–Kier alpha value is -1.46. The van der Waals surface area contributed by atoms with Gasteiger partial charge in [-0.3, -0.25) is 9.69 Å². The summed E-state index contributed by atoms with van der Waals surface area (Å²) in [5, 5.41) is 3.43. The van der Waals surface area contributed by atoms with Crippen LogP contribution in [-0.4, -0.2) is 41.9 Å². The summed E-state index contributed by atoms with van der Waals surface area (Å²) in [7, 11) is 0. The molecule has 0 amide bonds. The van der Waals surface area contributed by atoms with Gasteiger partial charge in [-0.25, -0.2) is 4.39 Å². The third kappa shape index (κ3) is 4.75. The molecule has 1 aromatic rings. The molecule has 1 saturated heterocycles. The van der Waals surface area contributed by atoms with E-state index in [0.29, 0.717) is 6.04 Å². The van der Waals surface area contributed by atoms with E-state index in [1.54, 1.807) is 12.1 Å². The van der Waals surface area contributed by atoms with Crippen molar-refractivity contribution < 1.29 is 9.18 Å². The van der Waals surface area contributed by atoms with Crippen molar-refractivity contribution in [2.24, 2.45) is 11.7 Å². The molecule has 0 aromatic heterocycles. The number of benzene rings is 1. The molecule has 5 heteroatoms. The lowest BCUT2D eigenvalue weighted by atomic mass is 9.94. The molecule has 2 atom stereocenters. The molecule has 0 saturated carbocycles. The fourth-order valence-corrected chi connectivity index (χ4v) is 3.00. The first-order valence-electron chi connectivity index (χ1n) is 8.44. The Morgan fingerprint density at radius 2 is 1.78 bits per heavy atom. The topological polar surface area (TPSA) is 58.4 Å². The predicted molar refractivity (Wildman–Crippen MR) is 91.9 cm³/mol. The summed E-state index contributed by atoms with van der Waals surface area (Å²) in [4.78, 5) is 14.6. The minimum atomic E-state index is -0.389. The summed E-state index contributed by atoms with van der Waals surface area (Å²) in [6.07, 6.45) is 1.93. The molecule has 3 N–H and O–H groups in total. The van der Waals surface area contributed by atoms with E-state index in [9.17, 15) is 9.18 Å². The highest BCUT2D eigenvalue weighted by molar-refractivity contribution is 5.88. The summed E-state index contributed by atoms with van der Waals surface area (Å²) in [5.74, 6) is 0.0757. The van der Waals surface area contributed by atoms with E-state index in [1.807, 2.05) is 20.8 Å². The van der Waals surface area contributed by atoms with Crippen LogP contribution in [0.1, 0.15) is 33.6 Å². The number of nitrogens with one attached hydrogen (secondary N) is 1. The van der Waals surface area contributed by atoms with Crippen LogP contribution in [0.3, 0.4) is 0 Å². The first-order chi connectivity index (χ1) is 10.9. The Morgan fingerprint density at radius 1 is 1.22 bits per heavy atom. The third-order valence-electron chi connectivity index (χ3n) is 4.75. The first-order valence-corrected chi connectivity index (χ1v) is 8.44. The van der Waals surface area contributed by atoms with Crippen molar-refractivity contribution in [3.8, 4) is 0 Å². The Labute approximate surface area is 138 Å². The molecular formula is C18H28FN3O. The van der Waals surface area contributed by atoms with Crippen LogP contribution in [0.25, 0.3) is 0 Å². The van der Waals surface area contributed by atoms with E-state index < -0.39 is 0 Å². The summed E-state index contributed by atoms with van der Waals surface area (Å²) in [5.41, 5.74) is 6.93. The van der Waals surface area contributed by atoms with Gasteiger partial charge in [-0.15, -0.1) is 0 Å². The Morgan fingerprint density at radius 3 is 2.30 bits per heavy atom. The van der Waals surface area contributed by atoms with E-state index in [4.69, 9.17) is 5.73 Å². The van der Waals surface area contributed by atoms with Gasteiger partial charge in [0.25, 0.3) is 0 Å². The van der Waals surface area contributed by atoms with Gasteiger partial charge in [0.15, 0.2) is 5.78 Å². The average Bonchev–Trinajstić information content (AvgIpc) is 2.55. The molecular weight excluding hydrogens is 293 g/mol. The van der Waals surface area contributed by atoms with Gasteiger partial charge in [-0.2, -0.15) is 0 Å². The smallest absolute Gasteiger partial charge is 0.166 e. The maximum Gasteiger partial charge on any atom is 0.166 e. The normalized spacial score (nSPS) is 19.6. The van der Waals surface area contributed by atoms with Crippen LogP contribution in [0.5, 0.6) is 0 Å². The fraction of sp³-hybridized carbons (Fsp3) is 0.611. The first kappa shape index (κ1) is 17.9. The third-order valence-corrected chi connectivity index (χ3v) is 4.75. The Bertz CT molecular complexity index is 510. The number of hydrogen-bond acceptors (Lipinski definition) is 4. The highest BCUT2D eigenvalue weighted by Crippen LogP contribution is 2.19. The minimum Gasteiger partial charge on any atom is -0.382 e. The van der Waals surface area contributed by atoms with E-state index in [1.165, 1.54) is 12.1 Å². The SMILES string of the molecule is CC(C)C(N)C(=O)C(C)N1CCC(Nc2ccc(F)cc2)CC1. The number of rotatable bonds is 6. The van der Waals surface area contributed by atoms with Gasteiger partial charge in [-0.05, 0) is 49.9 Å². The number of nitrogens with two attached hydrogens (primary N) is 1. The number of Topliss-reactive ketones (excluding diaryl/α,β-unsaturated/α-hetero) is 1. The number of hydrogen-bond donors (Lipinski definition) is 2. The van der Waals surface area contributed by atoms with Crippen LogP contribution in [0.4, 0.5) is 10.1 Å². The summed E-state index contributed by atoms with van der Waals surface area (Å²) < 4.78 is 12.9. The number of anilines is 1. The molecule has 128 valence electrons. The molecule has 4 nitrogen and oxygen atoms in total. The number of nitrogens with zero attached hydrogens (tertiary/aromatic N) is 1. The van der Waals surface area contributed by atoms with Crippen molar-refractivity contribution in [3.05, 3.63) is 30.1 Å². The molecule has 0 bridgehead atoms. The maximum absolute atomic E-state index is 12.9. The number of ketones is 1. The van der Waals surface area contributed by atoms with Crippen LogP contribution in [0.15, 0.2) is 24.3 Å². The van der Waals surface area contributed by atoms with Gasteiger partial charge in [-0.1, -0.05) is 13.8 Å². The summed E-state index contributed by atoms with van der Waals surface area (Å²) in [6, 6.07) is 6.29. The highest BCUT2D eigenvalue weighted by atomic mass is 19.1. The average molecular weight is 321 g/mol. The lowest BCUT2D eigenvalue weighted by molar-refractivity contribution is -0.126. The predicted octanol–water partition coefficient (Wildman–Crippen LogP) is 2.64. The zero-order valence-corrected chi connectivity index (χ0v) is 14.3. The van der Waals surface area contributed by atoms with Crippen molar-refractivity contribution >= 4 is 11.5 Å². The Kier molecular flexibility index (Phi) is 6.13. The minimum absolute atomic E-state index is 0.126. The summed E-state index contributed by atoms with van der Waals surface area (Å²) in [6.45, 7) is 7.66. The molecule has 1 fully saturated rings. The molecule has 23 heavy (non-hydrogen) atoms. The summed E-state index contributed by atoms with van der Waals surface area (Å²) >= 11 is 0. The van der Waals surface area contributed by atoms with E-state index in [-0.39, 0.29) is 29.6 Å². The largest absolute Gasteiger partial charge is 0.382 e. The van der Waals surface area contributed by atoms with Gasteiger partial charge < -0.3 is 11.1 Å². The molecule has 0 radical (unpaired) electrons. The standard InChI is InChI=1S/C18H28FN3O/c1-12(2)17(20)18(23)13(3)22-10-8-16(9-11-22)21-15-6-4-14(19)5-7-15/h4-7,12-13,16-17,21H,8-11,20H2,1-3H3. The second-order valence-corrected chi connectivity index (χ2v) is 6.81. The monoisotopic (exact) mass is 321 g/mol. The van der Waals surface area contributed by atoms with Gasteiger partial charge >= 0.3 is 0 Å². The van der Waals surface area contributed by atoms with Crippen LogP contribution in [0, 0.1) is 11.7 Å². The maximum atomic E-state index is 12.9. The van der Waals surface area contributed by atoms with Crippen LogP contribution < -0.4 is 11.1 Å². The van der Waals surface area contributed by atoms with Crippen LogP contribution in [0.2, 0.25) is 0 Å². The number of carbonyl (C=O) groups is 1. The van der Waals surface area contributed by atoms with Gasteiger partial charge in [0.2, 0.25) is 0 Å². The highest BCUT2D eigenvalue weighted by Gasteiger charge is 2.30. The molecule has 0 spiro atoms. The van der Waals surface area contributed by atoms with E-state index in [0.717, 1.165) is 31.6 Å². The second-order valence-electron chi connectivity index (χ2n) is 6.81. The number of halogens is 1. The van der Waals surface area contributed by atoms with Crippen LogP contribution in [-0.2, 0) is 4.79 Å². The van der Waals surface area contributed by atoms with E-state index in [2.05, 4.69) is 10.2 Å². The van der Waals surface area contributed by atoms with Crippen molar-refractivity contribution in [1.29, 1.82) is 0 Å².